The Bertz CT molecular complexity index is 170. The zero-order valence-corrected chi connectivity index (χ0v) is 8.43. The molecule has 0 bridgehead atoms. The number of nitrogens with one attached hydrogen (secondary N) is 1. The van der Waals surface area contributed by atoms with E-state index in [0.717, 1.165) is 0 Å². The van der Waals surface area contributed by atoms with Crippen LogP contribution in [-0.2, 0) is 9.59 Å². The van der Waals surface area contributed by atoms with Crippen molar-refractivity contribution in [3.63, 3.8) is 0 Å². The lowest BCUT2D eigenvalue weighted by molar-refractivity contribution is -0.137. The molecule has 0 spiro atoms. The second kappa shape index (κ2) is 5.99. The van der Waals surface area contributed by atoms with Gasteiger partial charge in [0.1, 0.15) is 0 Å². The van der Waals surface area contributed by atoms with Crippen molar-refractivity contribution in [2.24, 2.45) is 0 Å². The first-order valence-electron chi connectivity index (χ1n) is 3.67. The number of hydrogen-bond acceptors (Lipinski definition) is 2. The predicted octanol–water partition coefficient (Wildman–Crippen LogP) is 0.751. The number of alkyl halides is 1. The summed E-state index contributed by atoms with van der Waals surface area (Å²) >= 11 is 3.09. The molecule has 0 aromatic rings. The van der Waals surface area contributed by atoms with Crippen LogP contribution < -0.4 is 5.32 Å². The Labute approximate surface area is 79.5 Å². The number of carbonyl (C=O) groups is 2. The molecule has 1 atom stereocenters. The van der Waals surface area contributed by atoms with Crippen molar-refractivity contribution < 1.29 is 14.7 Å². The van der Waals surface area contributed by atoms with Gasteiger partial charge in [0, 0.05) is 13.0 Å². The maximum Gasteiger partial charge on any atom is 0.303 e. The molecule has 0 radical (unpaired) electrons. The maximum atomic E-state index is 10.9. The van der Waals surface area contributed by atoms with E-state index in [1.807, 2.05) is 0 Å². The number of rotatable bonds is 5. The average Bonchev–Trinajstić information content (AvgIpc) is 1.97. The lowest BCUT2D eigenvalue weighted by Crippen LogP contribution is -2.30. The van der Waals surface area contributed by atoms with Crippen molar-refractivity contribution in [1.29, 1.82) is 0 Å². The Morgan fingerprint density at radius 1 is 1.58 bits per heavy atom. The molecule has 1 unspecified atom stereocenters. The highest BCUT2D eigenvalue weighted by Gasteiger charge is 2.06. The zero-order valence-electron chi connectivity index (χ0n) is 6.84. The molecule has 0 saturated carbocycles. The minimum absolute atomic E-state index is 0.0942. The summed E-state index contributed by atoms with van der Waals surface area (Å²) in [5, 5.41) is 10.9. The molecular formula is C7H12BrNO3. The topological polar surface area (TPSA) is 66.4 Å². The van der Waals surface area contributed by atoms with Gasteiger partial charge < -0.3 is 10.4 Å². The molecule has 0 aliphatic heterocycles. The molecule has 0 aliphatic carbocycles. The van der Waals surface area contributed by atoms with E-state index >= 15 is 0 Å². The molecule has 0 saturated heterocycles. The fraction of sp³-hybridized carbons (Fsp3) is 0.714. The van der Waals surface area contributed by atoms with Crippen molar-refractivity contribution in [3.8, 4) is 0 Å². The minimum atomic E-state index is -0.837. The molecule has 12 heavy (non-hydrogen) atoms. The first-order valence-corrected chi connectivity index (χ1v) is 4.59. The zero-order chi connectivity index (χ0) is 9.56. The van der Waals surface area contributed by atoms with Crippen LogP contribution in [0.1, 0.15) is 19.8 Å². The lowest BCUT2D eigenvalue weighted by Gasteiger charge is -2.04. The van der Waals surface area contributed by atoms with Crippen molar-refractivity contribution in [1.82, 2.24) is 5.32 Å². The Morgan fingerprint density at radius 2 is 2.17 bits per heavy atom. The molecule has 0 aromatic heterocycles. The third kappa shape index (κ3) is 6.15. The van der Waals surface area contributed by atoms with Crippen LogP contribution in [0, 0.1) is 0 Å². The van der Waals surface area contributed by atoms with Gasteiger partial charge in [0.15, 0.2) is 0 Å². The molecule has 0 rings (SSSR count). The standard InChI is InChI=1S/C7H12BrNO3/c1-5(8)7(12)9-4-2-3-6(10)11/h5H,2-4H2,1H3,(H,9,12)(H,10,11). The number of carboxylic acids is 1. The van der Waals surface area contributed by atoms with Crippen LogP contribution in [0.25, 0.3) is 0 Å². The average molecular weight is 238 g/mol. The van der Waals surface area contributed by atoms with Crippen LogP contribution in [-0.4, -0.2) is 28.4 Å². The van der Waals surface area contributed by atoms with Gasteiger partial charge in [0.05, 0.1) is 4.83 Å². The van der Waals surface area contributed by atoms with Crippen LogP contribution in [0.15, 0.2) is 0 Å². The monoisotopic (exact) mass is 237 g/mol. The lowest BCUT2D eigenvalue weighted by atomic mass is 10.3. The van der Waals surface area contributed by atoms with Gasteiger partial charge in [-0.15, -0.1) is 0 Å². The number of carboxylic acid groups (broad SMARTS) is 1. The molecule has 5 heteroatoms. The summed E-state index contributed by atoms with van der Waals surface area (Å²) in [6.45, 7) is 2.13. The second-order valence-electron chi connectivity index (χ2n) is 2.40. The van der Waals surface area contributed by atoms with Gasteiger partial charge in [-0.05, 0) is 13.3 Å². The Hall–Kier alpha value is -0.580. The number of hydrogen-bond donors (Lipinski definition) is 2. The minimum Gasteiger partial charge on any atom is -0.481 e. The van der Waals surface area contributed by atoms with Gasteiger partial charge >= 0.3 is 5.97 Å². The van der Waals surface area contributed by atoms with Gasteiger partial charge in [-0.1, -0.05) is 15.9 Å². The predicted molar refractivity (Wildman–Crippen MR) is 48.3 cm³/mol. The summed E-state index contributed by atoms with van der Waals surface area (Å²) in [4.78, 5) is 20.7. The first-order chi connectivity index (χ1) is 5.54. The van der Waals surface area contributed by atoms with Crippen LogP contribution in [0.3, 0.4) is 0 Å². The van der Waals surface area contributed by atoms with E-state index in [4.69, 9.17) is 5.11 Å². The molecule has 0 heterocycles. The largest absolute Gasteiger partial charge is 0.481 e. The van der Waals surface area contributed by atoms with Crippen LogP contribution >= 0.6 is 15.9 Å². The van der Waals surface area contributed by atoms with Gasteiger partial charge in [0.25, 0.3) is 0 Å². The van der Waals surface area contributed by atoms with Gasteiger partial charge in [-0.25, -0.2) is 0 Å². The highest BCUT2D eigenvalue weighted by atomic mass is 79.9. The van der Waals surface area contributed by atoms with E-state index in [9.17, 15) is 9.59 Å². The van der Waals surface area contributed by atoms with Crippen molar-refractivity contribution in [2.45, 2.75) is 24.6 Å². The molecule has 4 nitrogen and oxygen atoms in total. The Balaban J connectivity index is 3.32. The molecule has 2 N–H and O–H groups in total. The van der Waals surface area contributed by atoms with Crippen LogP contribution in [0.2, 0.25) is 0 Å². The number of carbonyl (C=O) groups excluding carboxylic acids is 1. The first kappa shape index (κ1) is 11.4. The maximum absolute atomic E-state index is 10.9. The summed E-state index contributed by atoms with van der Waals surface area (Å²) in [6.07, 6.45) is 0.567. The second-order valence-corrected chi connectivity index (χ2v) is 3.78. The van der Waals surface area contributed by atoms with E-state index in [1.54, 1.807) is 6.92 Å². The third-order valence-electron chi connectivity index (χ3n) is 1.23. The fourth-order valence-electron chi connectivity index (χ4n) is 0.592. The fourth-order valence-corrected chi connectivity index (χ4v) is 0.754. The van der Waals surface area contributed by atoms with Crippen molar-refractivity contribution in [3.05, 3.63) is 0 Å². The molecule has 0 fully saturated rings. The van der Waals surface area contributed by atoms with Gasteiger partial charge in [-0.3, -0.25) is 9.59 Å². The van der Waals surface area contributed by atoms with Crippen molar-refractivity contribution >= 4 is 27.8 Å². The van der Waals surface area contributed by atoms with Crippen LogP contribution in [0.5, 0.6) is 0 Å². The van der Waals surface area contributed by atoms with E-state index in [2.05, 4.69) is 21.2 Å². The Morgan fingerprint density at radius 3 is 2.58 bits per heavy atom. The normalized spacial score (nSPS) is 12.2. The highest BCUT2D eigenvalue weighted by Crippen LogP contribution is 1.96. The SMILES string of the molecule is CC(Br)C(=O)NCCCC(=O)O. The highest BCUT2D eigenvalue weighted by molar-refractivity contribution is 9.10. The Kier molecular flexibility index (Phi) is 5.70. The van der Waals surface area contributed by atoms with Crippen LogP contribution in [0.4, 0.5) is 0 Å². The number of halogens is 1. The summed E-state index contributed by atoms with van der Waals surface area (Å²) in [7, 11) is 0. The smallest absolute Gasteiger partial charge is 0.303 e. The van der Waals surface area contributed by atoms with E-state index < -0.39 is 5.97 Å². The summed E-state index contributed by atoms with van der Waals surface area (Å²) in [5.41, 5.74) is 0. The third-order valence-corrected chi connectivity index (χ3v) is 1.64. The molecule has 70 valence electrons. The van der Waals surface area contributed by atoms with Gasteiger partial charge in [0.2, 0.25) is 5.91 Å². The summed E-state index contributed by atoms with van der Waals surface area (Å²) in [5.74, 6) is -0.948. The number of amides is 1. The molecule has 0 aliphatic rings. The number of aliphatic carboxylic acids is 1. The molecule has 0 aromatic carbocycles. The van der Waals surface area contributed by atoms with E-state index in [0.29, 0.717) is 13.0 Å². The molecule has 1 amide bonds. The van der Waals surface area contributed by atoms with Crippen molar-refractivity contribution in [2.75, 3.05) is 6.54 Å². The van der Waals surface area contributed by atoms with Gasteiger partial charge in [-0.2, -0.15) is 0 Å². The summed E-state index contributed by atoms with van der Waals surface area (Å²) < 4.78 is 0. The quantitative estimate of drug-likeness (QED) is 0.548. The van der Waals surface area contributed by atoms with E-state index in [1.165, 1.54) is 0 Å². The summed E-state index contributed by atoms with van der Waals surface area (Å²) in [6, 6.07) is 0. The molecular weight excluding hydrogens is 226 g/mol. The van der Waals surface area contributed by atoms with E-state index in [-0.39, 0.29) is 17.2 Å².